The predicted octanol–water partition coefficient (Wildman–Crippen LogP) is 7.27. The van der Waals surface area contributed by atoms with E-state index in [1.54, 1.807) is 0 Å². The predicted molar refractivity (Wildman–Crippen MR) is 129 cm³/mol. The maximum Gasteiger partial charge on any atom is 0.0535 e. The Hall–Kier alpha value is -2.06. The van der Waals surface area contributed by atoms with E-state index in [1.165, 1.54) is 33.3 Å². The Kier molecular flexibility index (Phi) is 12.1. The molecule has 3 rings (SSSR count). The van der Waals surface area contributed by atoms with Crippen LogP contribution in [0.3, 0.4) is 0 Å². The first-order chi connectivity index (χ1) is 14.1. The lowest BCUT2D eigenvalue weighted by molar-refractivity contribution is 0.166. The van der Waals surface area contributed by atoms with Crippen LogP contribution in [0.5, 0.6) is 0 Å². The topological polar surface area (TPSA) is 36.0 Å². The van der Waals surface area contributed by atoms with Crippen molar-refractivity contribution in [1.82, 2.24) is 4.98 Å². The van der Waals surface area contributed by atoms with Gasteiger partial charge in [-0.25, -0.2) is 0 Å². The van der Waals surface area contributed by atoms with Crippen molar-refractivity contribution in [3.63, 3.8) is 0 Å². The van der Waals surface area contributed by atoms with E-state index < -0.39 is 0 Å². The lowest BCUT2D eigenvalue weighted by Crippen LogP contribution is -1.99. The molecule has 0 aliphatic heterocycles. The lowest BCUT2D eigenvalue weighted by atomic mass is 10.0. The van der Waals surface area contributed by atoms with Crippen LogP contribution < -0.4 is 0 Å². The first-order valence-electron chi connectivity index (χ1n) is 11.4. The first-order valence-corrected chi connectivity index (χ1v) is 11.4. The van der Waals surface area contributed by atoms with Crippen molar-refractivity contribution >= 4 is 10.9 Å². The highest BCUT2D eigenvalue weighted by Crippen LogP contribution is 2.22. The number of hydrogen-bond acceptors (Lipinski definition) is 1. The summed E-state index contributed by atoms with van der Waals surface area (Å²) in [4.78, 5) is 3.46. The number of nitrogens with one attached hydrogen (secondary N) is 1. The number of H-pyrrole nitrogens is 1. The van der Waals surface area contributed by atoms with Crippen molar-refractivity contribution in [1.29, 1.82) is 0 Å². The number of benzene rings is 2. The van der Waals surface area contributed by atoms with Crippen LogP contribution in [-0.4, -0.2) is 16.2 Å². The minimum Gasteiger partial charge on any atom is -0.393 e. The molecule has 0 saturated carbocycles. The molecule has 2 aromatic carbocycles. The van der Waals surface area contributed by atoms with E-state index in [0.29, 0.717) is 0 Å². The highest BCUT2D eigenvalue weighted by atomic mass is 16.3. The summed E-state index contributed by atoms with van der Waals surface area (Å²) >= 11 is 0. The number of aromatic nitrogens is 1. The second-order valence-corrected chi connectivity index (χ2v) is 7.28. The minimum atomic E-state index is -0.0648. The fraction of sp³-hybridized carbons (Fsp3) is 0.481. The van der Waals surface area contributed by atoms with Gasteiger partial charge in [0.05, 0.1) is 6.10 Å². The molecule has 2 heteroatoms. The van der Waals surface area contributed by atoms with Crippen LogP contribution in [0.2, 0.25) is 0 Å². The number of aliphatic hydroxyl groups excluding tert-OH is 1. The van der Waals surface area contributed by atoms with Crippen molar-refractivity contribution in [2.45, 2.75) is 86.2 Å². The molecule has 160 valence electrons. The van der Waals surface area contributed by atoms with Crippen molar-refractivity contribution in [3.8, 4) is 0 Å². The van der Waals surface area contributed by atoms with Gasteiger partial charge in [-0.3, -0.25) is 0 Å². The Morgan fingerprint density at radius 2 is 1.21 bits per heavy atom. The molecule has 0 bridgehead atoms. The lowest BCUT2D eigenvalue weighted by Gasteiger charge is -2.02. The van der Waals surface area contributed by atoms with E-state index in [9.17, 15) is 0 Å². The quantitative estimate of drug-likeness (QED) is 0.452. The van der Waals surface area contributed by atoms with Crippen LogP contribution in [0, 0.1) is 0 Å². The molecule has 0 aliphatic rings. The molecule has 29 heavy (non-hydrogen) atoms. The van der Waals surface area contributed by atoms with E-state index in [1.807, 2.05) is 13.8 Å². The van der Waals surface area contributed by atoms with Crippen LogP contribution in [0.1, 0.15) is 76.8 Å². The summed E-state index contributed by atoms with van der Waals surface area (Å²) in [5.41, 5.74) is 7.13. The number of aryl methyl sites for hydroxylation is 4. The summed E-state index contributed by atoms with van der Waals surface area (Å²) in [7, 11) is 0. The number of para-hydroxylation sites is 1. The van der Waals surface area contributed by atoms with E-state index in [-0.39, 0.29) is 6.10 Å². The average Bonchev–Trinajstić information content (AvgIpc) is 3.17. The summed E-state index contributed by atoms with van der Waals surface area (Å²) in [5, 5.41) is 10.1. The number of hydrogen-bond donors (Lipinski definition) is 2. The van der Waals surface area contributed by atoms with E-state index in [0.717, 1.165) is 38.5 Å². The molecule has 0 radical (unpaired) electrons. The maximum absolute atomic E-state index is 8.67. The molecule has 3 aromatic rings. The Labute approximate surface area is 178 Å². The number of fused-ring (bicyclic) bond motifs is 1. The van der Waals surface area contributed by atoms with Gasteiger partial charge in [0.2, 0.25) is 0 Å². The highest BCUT2D eigenvalue weighted by Gasteiger charge is 2.06. The van der Waals surface area contributed by atoms with Crippen molar-refractivity contribution < 1.29 is 5.11 Å². The molecule has 0 saturated heterocycles. The molecule has 0 amide bonds. The Morgan fingerprint density at radius 1 is 0.690 bits per heavy atom. The van der Waals surface area contributed by atoms with Gasteiger partial charge in [-0.1, -0.05) is 84.0 Å². The number of rotatable bonds is 6. The minimum absolute atomic E-state index is 0.0648. The Balaban J connectivity index is 0.000000235. The summed E-state index contributed by atoms with van der Waals surface area (Å²) in [6, 6.07) is 17.2. The SMILES string of the molecule is CCC(O)CC.CCc1[nH]c2ccccc2c1CC.CCc1ccccc1CC. The Bertz CT molecular complexity index is 791. The largest absolute Gasteiger partial charge is 0.393 e. The average molecular weight is 396 g/mol. The Morgan fingerprint density at radius 3 is 1.62 bits per heavy atom. The van der Waals surface area contributed by atoms with Gasteiger partial charge >= 0.3 is 0 Å². The van der Waals surface area contributed by atoms with Crippen LogP contribution in [-0.2, 0) is 25.7 Å². The van der Waals surface area contributed by atoms with E-state index >= 15 is 0 Å². The van der Waals surface area contributed by atoms with Gasteiger partial charge in [-0.15, -0.1) is 0 Å². The second-order valence-electron chi connectivity index (χ2n) is 7.28. The molecule has 0 fully saturated rings. The van der Waals surface area contributed by atoms with Gasteiger partial charge in [-0.05, 0) is 61.3 Å². The van der Waals surface area contributed by atoms with Crippen LogP contribution in [0.4, 0.5) is 0 Å². The van der Waals surface area contributed by atoms with E-state index in [4.69, 9.17) is 5.11 Å². The number of aromatic amines is 1. The van der Waals surface area contributed by atoms with Gasteiger partial charge in [0, 0.05) is 16.6 Å². The van der Waals surface area contributed by atoms with Gasteiger partial charge in [0.15, 0.2) is 0 Å². The molecule has 2 N–H and O–H groups in total. The van der Waals surface area contributed by atoms with Gasteiger partial charge < -0.3 is 10.1 Å². The third kappa shape index (κ3) is 7.70. The zero-order valence-corrected chi connectivity index (χ0v) is 19.4. The monoisotopic (exact) mass is 395 g/mol. The molecule has 0 unspecified atom stereocenters. The van der Waals surface area contributed by atoms with Crippen LogP contribution >= 0.6 is 0 Å². The van der Waals surface area contributed by atoms with Crippen molar-refractivity contribution in [2.75, 3.05) is 0 Å². The smallest absolute Gasteiger partial charge is 0.0535 e. The van der Waals surface area contributed by atoms with Gasteiger partial charge in [0.1, 0.15) is 0 Å². The third-order valence-corrected chi connectivity index (χ3v) is 5.43. The normalized spacial score (nSPS) is 10.3. The van der Waals surface area contributed by atoms with Crippen molar-refractivity contribution in [2.24, 2.45) is 0 Å². The van der Waals surface area contributed by atoms with E-state index in [2.05, 4.69) is 81.2 Å². The fourth-order valence-corrected chi connectivity index (χ4v) is 3.50. The fourth-order valence-electron chi connectivity index (χ4n) is 3.50. The molecule has 1 heterocycles. The zero-order valence-electron chi connectivity index (χ0n) is 19.4. The first kappa shape index (κ1) is 25.0. The maximum atomic E-state index is 8.67. The summed E-state index contributed by atoms with van der Waals surface area (Å²) in [6.07, 6.45) is 6.23. The molecular weight excluding hydrogens is 354 g/mol. The van der Waals surface area contributed by atoms with Gasteiger partial charge in [-0.2, -0.15) is 0 Å². The standard InChI is InChI=1S/C12H15N.C10H14.C5H12O/c1-3-9-10-7-5-6-8-12(10)13-11(9)4-2;1-3-9-7-5-6-8-10(9)4-2;1-3-5(6)4-2/h5-8,13H,3-4H2,1-2H3;5-8H,3-4H2,1-2H3;5-6H,3-4H2,1-2H3. The molecule has 2 nitrogen and oxygen atoms in total. The summed E-state index contributed by atoms with van der Waals surface area (Å²) in [6.45, 7) is 12.8. The van der Waals surface area contributed by atoms with Gasteiger partial charge in [0.25, 0.3) is 0 Å². The number of aliphatic hydroxyl groups is 1. The molecule has 0 aliphatic carbocycles. The molecular formula is C27H41NO. The molecule has 1 aromatic heterocycles. The van der Waals surface area contributed by atoms with Crippen LogP contribution in [0.25, 0.3) is 10.9 Å². The molecule has 0 spiro atoms. The van der Waals surface area contributed by atoms with Crippen molar-refractivity contribution in [3.05, 3.63) is 70.9 Å². The highest BCUT2D eigenvalue weighted by molar-refractivity contribution is 5.84. The summed E-state index contributed by atoms with van der Waals surface area (Å²) < 4.78 is 0. The molecule has 0 atom stereocenters. The third-order valence-electron chi connectivity index (χ3n) is 5.43. The summed E-state index contributed by atoms with van der Waals surface area (Å²) in [5.74, 6) is 0. The van der Waals surface area contributed by atoms with Crippen LogP contribution in [0.15, 0.2) is 48.5 Å². The zero-order chi connectivity index (χ0) is 21.6. The second kappa shape index (κ2) is 14.0.